The molecule has 1 aromatic heterocycles. The van der Waals surface area contributed by atoms with Gasteiger partial charge in [0.25, 0.3) is 0 Å². The summed E-state index contributed by atoms with van der Waals surface area (Å²) in [5, 5.41) is 1.89. The fourth-order valence-electron chi connectivity index (χ4n) is 1.92. The van der Waals surface area contributed by atoms with Crippen LogP contribution in [0.15, 0.2) is 24.3 Å². The fraction of sp³-hybridized carbons (Fsp3) is 0.438. The van der Waals surface area contributed by atoms with Crippen LogP contribution in [0, 0.1) is 0 Å². The number of alkyl carbamates (subject to hydrolysis) is 1. The molecule has 1 amide bonds. The molecule has 112 valence electrons. The van der Waals surface area contributed by atoms with Gasteiger partial charge in [0.05, 0.1) is 15.6 Å². The normalized spacial score (nSPS) is 33.7. The highest BCUT2D eigenvalue weighted by Gasteiger charge is 2.22. The number of aryl methyl sites for hydroxylation is 1. The number of fused-ring (bicyclic) bond motifs is 1. The molecule has 1 aromatic carbocycles. The van der Waals surface area contributed by atoms with Crippen LogP contribution < -0.4 is 5.32 Å². The first-order valence-corrected chi connectivity index (χ1v) is 6.17. The third-order valence-corrected chi connectivity index (χ3v) is 2.87. The van der Waals surface area contributed by atoms with Crippen LogP contribution in [0.5, 0.6) is 0 Å². The van der Waals surface area contributed by atoms with Crippen LogP contribution in [0.25, 0.3) is 10.9 Å². The molecule has 1 aliphatic heterocycles. The Bertz CT molecular complexity index is 1130. The van der Waals surface area contributed by atoms with E-state index in [1.54, 1.807) is 0 Å². The summed E-state index contributed by atoms with van der Waals surface area (Å²) < 4.78 is 100. The summed E-state index contributed by atoms with van der Waals surface area (Å²) >= 11 is 0. The molecule has 0 radical (unpaired) electrons. The number of hydrogen-bond donors (Lipinski definition) is 2. The Morgan fingerprint density at radius 3 is 3.38 bits per heavy atom. The van der Waals surface area contributed by atoms with Crippen LogP contribution in [-0.4, -0.2) is 49.1 Å². The number of benzene rings is 1. The molecule has 21 heavy (non-hydrogen) atoms. The average Bonchev–Trinajstić information content (AvgIpc) is 3.07. The van der Waals surface area contributed by atoms with Crippen molar-refractivity contribution in [3.63, 3.8) is 0 Å². The molecule has 2 N–H and O–H groups in total. The lowest BCUT2D eigenvalue weighted by Crippen LogP contribution is -2.28. The Hall–Kier alpha value is -2.01. The molecule has 3 rings (SSSR count). The number of nitrogens with one attached hydrogen (secondary N) is 2. The molecule has 0 bridgehead atoms. The van der Waals surface area contributed by atoms with Gasteiger partial charge in [-0.3, -0.25) is 0 Å². The zero-order valence-corrected chi connectivity index (χ0v) is 11.2. The van der Waals surface area contributed by atoms with Gasteiger partial charge in [0.2, 0.25) is 0 Å². The largest absolute Gasteiger partial charge is 0.447 e. The van der Waals surface area contributed by atoms with Crippen LogP contribution >= 0.6 is 0 Å². The van der Waals surface area contributed by atoms with Gasteiger partial charge in [0.1, 0.15) is 6.56 Å². The number of aromatic nitrogens is 1. The first kappa shape index (κ1) is 5.65. The van der Waals surface area contributed by atoms with Gasteiger partial charge in [-0.1, -0.05) is 6.04 Å². The van der Waals surface area contributed by atoms with Crippen LogP contribution in [0.2, 0.25) is 0 Å². The van der Waals surface area contributed by atoms with Crippen molar-refractivity contribution in [3.05, 3.63) is 35.4 Å². The number of H-pyrrole nitrogens is 1. The summed E-state index contributed by atoms with van der Waals surface area (Å²) in [6.07, 6.45) is -2.93. The molecule has 0 spiro atoms. The lowest BCUT2D eigenvalue weighted by atomic mass is 10.0. The van der Waals surface area contributed by atoms with Gasteiger partial charge in [-0.25, -0.2) is 4.79 Å². The van der Waals surface area contributed by atoms with Gasteiger partial charge in [0, 0.05) is 30.4 Å². The Kier molecular flexibility index (Phi) is 1.55. The van der Waals surface area contributed by atoms with Gasteiger partial charge in [-0.2, -0.15) is 0 Å². The molecular weight excluding hydrogens is 266 g/mol. The number of amides is 1. The van der Waals surface area contributed by atoms with Crippen molar-refractivity contribution in [2.45, 2.75) is 18.9 Å². The van der Waals surface area contributed by atoms with Crippen LogP contribution in [-0.2, 0) is 17.6 Å². The first-order valence-electron chi connectivity index (χ1n) is 12.2. The number of cyclic esters (lactones) is 1. The quantitative estimate of drug-likeness (QED) is 0.887. The van der Waals surface area contributed by atoms with E-state index < -0.39 is 63.1 Å². The Labute approximate surface area is 141 Å². The number of nitrogens with zero attached hydrogens (tertiary/aromatic N) is 1. The Morgan fingerprint density at radius 1 is 1.71 bits per heavy atom. The summed E-state index contributed by atoms with van der Waals surface area (Å²) in [6, 6.07) is -3.89. The van der Waals surface area contributed by atoms with E-state index in [-0.39, 0.29) is 28.2 Å². The fourth-order valence-corrected chi connectivity index (χ4v) is 1.92. The van der Waals surface area contributed by atoms with Crippen molar-refractivity contribution >= 4 is 17.0 Å². The molecule has 5 nitrogen and oxygen atoms in total. The maximum atomic E-state index is 11.5. The maximum absolute atomic E-state index is 11.5. The van der Waals surface area contributed by atoms with E-state index in [4.69, 9.17) is 16.4 Å². The molecule has 2 aromatic rings. The standard InChI is InChI=1S/C16H21N3O2/c1-19(2)6-5-12-9-17-15-4-3-11(8-14(12)15)7-13-10-21-16(20)18-13/h3-4,8-9,13,17H,5-7,10H2,1-2H3,(H,18,20)/t13-/m0/s1/i1D3,3D,4D,6D2,8D,9D,10D2,13D. The summed E-state index contributed by atoms with van der Waals surface area (Å²) in [5.41, 5.74) is -0.517. The zero-order valence-electron chi connectivity index (χ0n) is 23.2. The van der Waals surface area contributed by atoms with E-state index in [2.05, 4.69) is 9.72 Å². The monoisotopic (exact) mass is 299 g/mol. The number of rotatable bonds is 5. The lowest BCUT2D eigenvalue weighted by molar-refractivity contribution is 0.177. The summed E-state index contributed by atoms with van der Waals surface area (Å²) in [7, 11) is 1.05. The lowest BCUT2D eigenvalue weighted by Gasteiger charge is -2.09. The number of hydrogen-bond acceptors (Lipinski definition) is 3. The molecule has 0 aliphatic carbocycles. The second-order valence-corrected chi connectivity index (χ2v) is 4.50. The van der Waals surface area contributed by atoms with Gasteiger partial charge < -0.3 is 19.9 Å². The van der Waals surface area contributed by atoms with E-state index in [0.29, 0.717) is 4.90 Å². The second-order valence-electron chi connectivity index (χ2n) is 4.50. The number of carbonyl (C=O) groups excluding carboxylic acids is 1. The van der Waals surface area contributed by atoms with Gasteiger partial charge in [-0.05, 0) is 50.1 Å². The van der Waals surface area contributed by atoms with Gasteiger partial charge in [0.15, 0.2) is 0 Å². The third kappa shape index (κ3) is 3.19. The summed E-state index contributed by atoms with van der Waals surface area (Å²) in [6.45, 7) is -8.07. The first-order chi connectivity index (χ1) is 14.8. The molecule has 0 saturated carbocycles. The highest BCUT2D eigenvalue weighted by atomic mass is 16.6. The second kappa shape index (κ2) is 5.77. The molecule has 1 aliphatic rings. The molecule has 1 fully saturated rings. The van der Waals surface area contributed by atoms with Gasteiger partial charge in [-0.15, -0.1) is 0 Å². The molecule has 2 heterocycles. The minimum absolute atomic E-state index is 0.111. The van der Waals surface area contributed by atoms with E-state index in [1.807, 2.05) is 5.32 Å². The summed E-state index contributed by atoms with van der Waals surface area (Å²) in [5.74, 6) is 0. The van der Waals surface area contributed by atoms with Crippen LogP contribution in [0.1, 0.15) is 27.6 Å². The van der Waals surface area contributed by atoms with Crippen molar-refractivity contribution in [1.82, 2.24) is 15.2 Å². The minimum Gasteiger partial charge on any atom is -0.447 e. The highest BCUT2D eigenvalue weighted by Crippen LogP contribution is 2.21. The van der Waals surface area contributed by atoms with Crippen LogP contribution in [0.3, 0.4) is 0 Å². The van der Waals surface area contributed by atoms with Crippen molar-refractivity contribution < 1.29 is 26.0 Å². The third-order valence-electron chi connectivity index (χ3n) is 2.87. The predicted octanol–water partition coefficient (Wildman–Crippen LogP) is 1.92. The average molecular weight is 299 g/mol. The van der Waals surface area contributed by atoms with E-state index >= 15 is 0 Å². The van der Waals surface area contributed by atoms with E-state index in [1.165, 1.54) is 0 Å². The van der Waals surface area contributed by atoms with Crippen molar-refractivity contribution in [2.24, 2.45) is 0 Å². The number of carbonyl (C=O) groups is 1. The van der Waals surface area contributed by atoms with E-state index in [0.717, 1.165) is 7.05 Å². The number of likely N-dealkylation sites (N-methyl/N-ethyl adjacent to an activating group) is 1. The maximum Gasteiger partial charge on any atom is 0.407 e. The zero-order chi connectivity index (χ0) is 25.3. The van der Waals surface area contributed by atoms with Crippen molar-refractivity contribution in [3.8, 4) is 0 Å². The topological polar surface area (TPSA) is 57.4 Å². The van der Waals surface area contributed by atoms with Crippen LogP contribution in [0.4, 0.5) is 4.79 Å². The van der Waals surface area contributed by atoms with E-state index in [9.17, 15) is 4.79 Å². The minimum atomic E-state index is -2.80. The number of aromatic amines is 1. The highest BCUT2D eigenvalue weighted by molar-refractivity contribution is 5.84. The molecule has 1 atom stereocenters. The SMILES string of the molecule is [2H]c1[nH]c2c([2H])c([2H])c(C[C@]3([2H])NC(=O)OC3([2H])[2H])c([2H])c2c1CC([2H])([2H])N(C)C([2H])([2H])[2H]. The summed E-state index contributed by atoms with van der Waals surface area (Å²) in [4.78, 5) is 14.6. The number of ether oxygens (including phenoxy) is 1. The predicted molar refractivity (Wildman–Crippen MR) is 82.5 cm³/mol. The Morgan fingerprint density at radius 2 is 2.62 bits per heavy atom. The molecule has 5 heteroatoms. The molecule has 0 unspecified atom stereocenters. The molecule has 1 saturated heterocycles. The Balaban J connectivity index is 2.17. The van der Waals surface area contributed by atoms with Gasteiger partial charge >= 0.3 is 6.09 Å². The smallest absolute Gasteiger partial charge is 0.407 e. The van der Waals surface area contributed by atoms with Crippen molar-refractivity contribution in [1.29, 1.82) is 0 Å². The molecular formula is C16H21N3O2. The van der Waals surface area contributed by atoms with Crippen molar-refractivity contribution in [2.75, 3.05) is 27.1 Å².